The van der Waals surface area contributed by atoms with Crippen LogP contribution >= 0.6 is 11.6 Å². The van der Waals surface area contributed by atoms with E-state index in [-0.39, 0.29) is 22.6 Å². The summed E-state index contributed by atoms with van der Waals surface area (Å²) in [6, 6.07) is 4.03. The van der Waals surface area contributed by atoms with E-state index in [4.69, 9.17) is 16.3 Å². The summed E-state index contributed by atoms with van der Waals surface area (Å²) in [6.45, 7) is 3.62. The van der Waals surface area contributed by atoms with E-state index in [1.54, 1.807) is 0 Å². The number of non-ortho nitro benzene ring substituents is 1. The summed E-state index contributed by atoms with van der Waals surface area (Å²) in [5.41, 5.74) is -0.609. The molecule has 0 bridgehead atoms. The smallest absolute Gasteiger partial charge is 0.271 e. The summed E-state index contributed by atoms with van der Waals surface area (Å²) in [7, 11) is 0. The highest BCUT2D eigenvalue weighted by Crippen LogP contribution is 2.41. The van der Waals surface area contributed by atoms with Gasteiger partial charge in [-0.3, -0.25) is 14.9 Å². The first-order valence-electron chi connectivity index (χ1n) is 5.46. The van der Waals surface area contributed by atoms with Crippen LogP contribution in [0.25, 0.3) is 0 Å². The molecule has 5 nitrogen and oxygen atoms in total. The first kappa shape index (κ1) is 12.8. The van der Waals surface area contributed by atoms with Crippen molar-refractivity contribution in [2.24, 2.45) is 5.41 Å². The van der Waals surface area contributed by atoms with Crippen LogP contribution in [0.4, 0.5) is 5.69 Å². The minimum atomic E-state index is -0.523. The van der Waals surface area contributed by atoms with Gasteiger partial charge >= 0.3 is 0 Å². The van der Waals surface area contributed by atoms with Crippen molar-refractivity contribution in [2.45, 2.75) is 26.4 Å². The number of halogens is 1. The molecule has 6 heteroatoms. The summed E-state index contributed by atoms with van der Waals surface area (Å²) < 4.78 is 5.63. The molecule has 1 fully saturated rings. The van der Waals surface area contributed by atoms with E-state index in [2.05, 4.69) is 0 Å². The molecule has 0 saturated heterocycles. The maximum absolute atomic E-state index is 11.4. The molecule has 1 saturated carbocycles. The third kappa shape index (κ3) is 2.06. The molecular weight excluding hydrogens is 258 g/mol. The van der Waals surface area contributed by atoms with Crippen LogP contribution in [0.15, 0.2) is 18.2 Å². The van der Waals surface area contributed by atoms with Crippen LogP contribution in [0.5, 0.6) is 5.75 Å². The van der Waals surface area contributed by atoms with Crippen LogP contribution in [0, 0.1) is 15.5 Å². The molecule has 1 atom stereocenters. The monoisotopic (exact) mass is 269 g/mol. The van der Waals surface area contributed by atoms with E-state index in [0.29, 0.717) is 12.2 Å². The number of Topliss-reactive ketones (excluding diaryl/α,β-unsaturated/α-hetero) is 1. The third-order valence-corrected chi connectivity index (χ3v) is 3.59. The van der Waals surface area contributed by atoms with Crippen molar-refractivity contribution < 1.29 is 14.5 Å². The van der Waals surface area contributed by atoms with Gasteiger partial charge < -0.3 is 4.74 Å². The van der Waals surface area contributed by atoms with Crippen molar-refractivity contribution in [1.29, 1.82) is 0 Å². The van der Waals surface area contributed by atoms with Gasteiger partial charge in [0.15, 0.2) is 0 Å². The summed E-state index contributed by atoms with van der Waals surface area (Å²) >= 11 is 5.91. The van der Waals surface area contributed by atoms with Crippen molar-refractivity contribution in [3.63, 3.8) is 0 Å². The lowest BCUT2D eigenvalue weighted by molar-refractivity contribution is -0.384. The van der Waals surface area contributed by atoms with Gasteiger partial charge in [0.25, 0.3) is 5.69 Å². The number of nitro groups is 1. The summed E-state index contributed by atoms with van der Waals surface area (Å²) in [4.78, 5) is 21.4. The average Bonchev–Trinajstić information content (AvgIpc) is 2.30. The lowest BCUT2D eigenvalue weighted by Gasteiger charge is -2.42. The number of hydrogen-bond acceptors (Lipinski definition) is 4. The molecular formula is C12H12ClNO4. The van der Waals surface area contributed by atoms with Gasteiger partial charge in [-0.15, -0.1) is 0 Å². The van der Waals surface area contributed by atoms with Crippen molar-refractivity contribution in [1.82, 2.24) is 0 Å². The predicted molar refractivity (Wildman–Crippen MR) is 65.9 cm³/mol. The van der Waals surface area contributed by atoms with Gasteiger partial charge in [-0.2, -0.15) is 0 Å². The molecule has 0 N–H and O–H groups in total. The molecule has 0 radical (unpaired) electrons. The van der Waals surface area contributed by atoms with Crippen LogP contribution in [0.1, 0.15) is 20.3 Å². The molecule has 1 aliphatic rings. The average molecular weight is 270 g/mol. The second-order valence-corrected chi connectivity index (χ2v) is 5.23. The highest BCUT2D eigenvalue weighted by Gasteiger charge is 2.49. The molecule has 1 unspecified atom stereocenters. The number of ether oxygens (including phenoxy) is 1. The second-order valence-electron chi connectivity index (χ2n) is 4.83. The first-order valence-corrected chi connectivity index (χ1v) is 5.84. The number of hydrogen-bond donors (Lipinski definition) is 0. The molecule has 0 spiro atoms. The predicted octanol–water partition coefficient (Wildman–Crippen LogP) is 2.99. The maximum atomic E-state index is 11.4. The van der Waals surface area contributed by atoms with E-state index in [1.807, 2.05) is 13.8 Å². The topological polar surface area (TPSA) is 69.4 Å². The lowest BCUT2D eigenvalue weighted by atomic mass is 9.68. The SMILES string of the molecule is CC1(C)C(=O)CC1Oc1ccc([N+](=O)[O-])cc1Cl. The minimum Gasteiger partial charge on any atom is -0.487 e. The third-order valence-electron chi connectivity index (χ3n) is 3.29. The molecule has 96 valence electrons. The summed E-state index contributed by atoms with van der Waals surface area (Å²) in [5, 5.41) is 10.7. The number of nitrogens with zero attached hydrogens (tertiary/aromatic N) is 1. The fourth-order valence-electron chi connectivity index (χ4n) is 1.78. The van der Waals surface area contributed by atoms with Gasteiger partial charge in [-0.25, -0.2) is 0 Å². The van der Waals surface area contributed by atoms with Gasteiger partial charge in [0.05, 0.1) is 15.4 Å². The van der Waals surface area contributed by atoms with Crippen LogP contribution < -0.4 is 4.74 Å². The normalized spacial score (nSPS) is 21.3. The highest BCUT2D eigenvalue weighted by molar-refractivity contribution is 6.32. The second kappa shape index (κ2) is 4.24. The van der Waals surface area contributed by atoms with Crippen LogP contribution in [-0.2, 0) is 4.79 Å². The van der Waals surface area contributed by atoms with E-state index < -0.39 is 10.3 Å². The van der Waals surface area contributed by atoms with E-state index in [0.717, 1.165) is 0 Å². The number of carbonyl (C=O) groups is 1. The van der Waals surface area contributed by atoms with Gasteiger partial charge in [0.2, 0.25) is 0 Å². The molecule has 18 heavy (non-hydrogen) atoms. The van der Waals surface area contributed by atoms with Gasteiger partial charge in [0.1, 0.15) is 17.6 Å². The van der Waals surface area contributed by atoms with Crippen LogP contribution in [0.3, 0.4) is 0 Å². The Hall–Kier alpha value is -1.62. The molecule has 1 aromatic rings. The Morgan fingerprint density at radius 3 is 2.61 bits per heavy atom. The Bertz CT molecular complexity index is 527. The van der Waals surface area contributed by atoms with Crippen LogP contribution in [0.2, 0.25) is 5.02 Å². The zero-order valence-corrected chi connectivity index (χ0v) is 10.7. The Balaban J connectivity index is 2.16. The Labute approximate surface area is 109 Å². The molecule has 0 amide bonds. The number of nitro benzene ring substituents is 1. The Morgan fingerprint density at radius 2 is 2.17 bits per heavy atom. The molecule has 1 aliphatic carbocycles. The number of ketones is 1. The van der Waals surface area contributed by atoms with Crippen LogP contribution in [-0.4, -0.2) is 16.8 Å². The summed E-state index contributed by atoms with van der Waals surface area (Å²) in [5.74, 6) is 0.512. The van der Waals surface area contributed by atoms with Gasteiger partial charge in [-0.05, 0) is 19.9 Å². The molecule has 1 aromatic carbocycles. The van der Waals surface area contributed by atoms with E-state index in [9.17, 15) is 14.9 Å². The van der Waals surface area contributed by atoms with E-state index in [1.165, 1.54) is 18.2 Å². The Kier molecular flexibility index (Phi) is 3.02. The molecule has 0 aromatic heterocycles. The van der Waals surface area contributed by atoms with Crippen molar-refractivity contribution in [3.05, 3.63) is 33.3 Å². The fraction of sp³-hybridized carbons (Fsp3) is 0.417. The Morgan fingerprint density at radius 1 is 1.50 bits per heavy atom. The van der Waals surface area contributed by atoms with Crippen molar-refractivity contribution >= 4 is 23.1 Å². The largest absolute Gasteiger partial charge is 0.487 e. The van der Waals surface area contributed by atoms with Crippen molar-refractivity contribution in [2.75, 3.05) is 0 Å². The first-order chi connectivity index (χ1) is 8.32. The zero-order chi connectivity index (χ0) is 13.5. The van der Waals surface area contributed by atoms with Gasteiger partial charge in [0, 0.05) is 18.6 Å². The number of carbonyl (C=O) groups excluding carboxylic acids is 1. The lowest BCUT2D eigenvalue weighted by Crippen LogP contribution is -2.53. The number of rotatable bonds is 3. The number of benzene rings is 1. The fourth-order valence-corrected chi connectivity index (χ4v) is 2.00. The van der Waals surface area contributed by atoms with Gasteiger partial charge in [-0.1, -0.05) is 11.6 Å². The molecule has 2 rings (SSSR count). The zero-order valence-electron chi connectivity index (χ0n) is 9.97. The van der Waals surface area contributed by atoms with E-state index >= 15 is 0 Å². The quantitative estimate of drug-likeness (QED) is 0.625. The van der Waals surface area contributed by atoms with Crippen molar-refractivity contribution in [3.8, 4) is 5.75 Å². The standard InChI is InChI=1S/C12H12ClNO4/c1-12(2)10(15)6-11(12)18-9-4-3-7(14(16)17)5-8(9)13/h3-5,11H,6H2,1-2H3. The highest BCUT2D eigenvalue weighted by atomic mass is 35.5. The molecule has 0 aliphatic heterocycles. The molecule has 0 heterocycles. The minimum absolute atomic E-state index is 0.0868. The summed E-state index contributed by atoms with van der Waals surface area (Å²) in [6.07, 6.45) is 0.115. The maximum Gasteiger partial charge on any atom is 0.271 e.